The molecule has 0 spiro atoms. The molecule has 0 amide bonds. The van der Waals surface area contributed by atoms with Gasteiger partial charge in [0.25, 0.3) is 0 Å². The Kier molecular flexibility index (Phi) is 5.57. The van der Waals surface area contributed by atoms with E-state index in [0.717, 1.165) is 39.6 Å². The van der Waals surface area contributed by atoms with Crippen LogP contribution in [0.4, 0.5) is 0 Å². The van der Waals surface area contributed by atoms with E-state index in [9.17, 15) is 0 Å². The first-order chi connectivity index (χ1) is 9.60. The summed E-state index contributed by atoms with van der Waals surface area (Å²) in [5.41, 5.74) is 2.25. The minimum Gasteiger partial charge on any atom is -0.486 e. The van der Waals surface area contributed by atoms with Crippen LogP contribution in [-0.2, 0) is 13.2 Å². The highest BCUT2D eigenvalue weighted by molar-refractivity contribution is 9.10. The second kappa shape index (κ2) is 7.20. The molecule has 0 fully saturated rings. The molecule has 0 aliphatic carbocycles. The number of nitrogens with zero attached hydrogens (tertiary/aromatic N) is 1. The number of halogens is 1. The molecule has 0 saturated heterocycles. The predicted octanol–water partition coefficient (Wildman–Crippen LogP) is 4.21. The Morgan fingerprint density at radius 2 is 2.15 bits per heavy atom. The van der Waals surface area contributed by atoms with Gasteiger partial charge in [0.05, 0.1) is 5.69 Å². The van der Waals surface area contributed by atoms with Crippen molar-refractivity contribution in [2.24, 2.45) is 0 Å². The van der Waals surface area contributed by atoms with Gasteiger partial charge in [-0.25, -0.2) is 4.98 Å². The fourth-order valence-corrected chi connectivity index (χ4v) is 3.08. The second-order valence-electron chi connectivity index (χ2n) is 4.57. The Balaban J connectivity index is 2.08. The Morgan fingerprint density at radius 3 is 2.80 bits per heavy atom. The molecule has 0 unspecified atom stereocenters. The third-order valence-corrected chi connectivity index (χ3v) is 4.55. The van der Waals surface area contributed by atoms with E-state index in [-0.39, 0.29) is 0 Å². The molecule has 0 aliphatic heterocycles. The molecule has 0 saturated carbocycles. The molecular formula is C15H19BrN2OS. The summed E-state index contributed by atoms with van der Waals surface area (Å²) in [7, 11) is 0. The van der Waals surface area contributed by atoms with Gasteiger partial charge in [-0.05, 0) is 38.6 Å². The first-order valence-electron chi connectivity index (χ1n) is 6.65. The highest BCUT2D eigenvalue weighted by Gasteiger charge is 2.08. The number of thiazole rings is 1. The molecule has 0 atom stereocenters. The van der Waals surface area contributed by atoms with Crippen LogP contribution >= 0.6 is 27.3 Å². The number of rotatable bonds is 6. The van der Waals surface area contributed by atoms with Gasteiger partial charge in [0, 0.05) is 21.5 Å². The molecular weight excluding hydrogens is 336 g/mol. The van der Waals surface area contributed by atoms with Crippen molar-refractivity contribution in [1.29, 1.82) is 0 Å². The van der Waals surface area contributed by atoms with Crippen LogP contribution in [0.1, 0.15) is 28.1 Å². The summed E-state index contributed by atoms with van der Waals surface area (Å²) >= 11 is 5.20. The third kappa shape index (κ3) is 4.04. The maximum atomic E-state index is 5.93. The van der Waals surface area contributed by atoms with Gasteiger partial charge in [0.1, 0.15) is 17.4 Å². The summed E-state index contributed by atoms with van der Waals surface area (Å²) in [5.74, 6) is 0.916. The molecule has 3 nitrogen and oxygen atoms in total. The fraction of sp³-hybridized carbons (Fsp3) is 0.400. The maximum Gasteiger partial charge on any atom is 0.140 e. The first-order valence-corrected chi connectivity index (χ1v) is 8.26. The van der Waals surface area contributed by atoms with Gasteiger partial charge < -0.3 is 10.1 Å². The van der Waals surface area contributed by atoms with Crippen molar-refractivity contribution < 1.29 is 4.74 Å². The summed E-state index contributed by atoms with van der Waals surface area (Å²) in [5, 5.41) is 4.36. The predicted molar refractivity (Wildman–Crippen MR) is 87.4 cm³/mol. The van der Waals surface area contributed by atoms with Crippen molar-refractivity contribution in [2.45, 2.75) is 33.9 Å². The van der Waals surface area contributed by atoms with E-state index >= 15 is 0 Å². The van der Waals surface area contributed by atoms with E-state index < -0.39 is 0 Å². The molecule has 2 aromatic rings. The van der Waals surface area contributed by atoms with E-state index in [1.165, 1.54) is 4.88 Å². The number of benzene rings is 1. The van der Waals surface area contributed by atoms with E-state index in [2.05, 4.69) is 46.1 Å². The summed E-state index contributed by atoms with van der Waals surface area (Å²) in [6.45, 7) is 8.50. The van der Waals surface area contributed by atoms with Crippen molar-refractivity contribution in [3.8, 4) is 5.75 Å². The quantitative estimate of drug-likeness (QED) is 0.843. The van der Waals surface area contributed by atoms with E-state index in [4.69, 9.17) is 4.74 Å². The summed E-state index contributed by atoms with van der Waals surface area (Å²) in [6, 6.07) is 6.10. The Labute approximate surface area is 132 Å². The maximum absolute atomic E-state index is 5.93. The molecule has 0 bridgehead atoms. The Morgan fingerprint density at radius 1 is 1.35 bits per heavy atom. The van der Waals surface area contributed by atoms with Gasteiger partial charge in [0.2, 0.25) is 0 Å². The van der Waals surface area contributed by atoms with Crippen molar-refractivity contribution in [3.05, 3.63) is 43.8 Å². The molecule has 108 valence electrons. The number of aryl methyl sites for hydroxylation is 2. The highest BCUT2D eigenvalue weighted by atomic mass is 79.9. The largest absolute Gasteiger partial charge is 0.486 e. The number of nitrogens with one attached hydrogen (secondary N) is 1. The molecule has 2 rings (SSSR count). The fourth-order valence-electron chi connectivity index (χ4n) is 1.83. The molecule has 1 N–H and O–H groups in total. The van der Waals surface area contributed by atoms with Gasteiger partial charge in [-0.1, -0.05) is 22.9 Å². The van der Waals surface area contributed by atoms with Crippen molar-refractivity contribution in [3.63, 3.8) is 0 Å². The first kappa shape index (κ1) is 15.5. The summed E-state index contributed by atoms with van der Waals surface area (Å²) < 4.78 is 7.00. The zero-order valence-electron chi connectivity index (χ0n) is 12.0. The molecule has 1 aromatic heterocycles. The molecule has 0 aliphatic rings. The number of ether oxygens (including phenoxy) is 1. The minimum absolute atomic E-state index is 0.528. The molecule has 0 radical (unpaired) electrons. The van der Waals surface area contributed by atoms with Crippen molar-refractivity contribution in [2.75, 3.05) is 6.54 Å². The lowest BCUT2D eigenvalue weighted by molar-refractivity contribution is 0.301. The van der Waals surface area contributed by atoms with Gasteiger partial charge in [-0.3, -0.25) is 0 Å². The van der Waals surface area contributed by atoms with Crippen LogP contribution in [0.3, 0.4) is 0 Å². The molecule has 1 aromatic carbocycles. The highest BCUT2D eigenvalue weighted by Crippen LogP contribution is 2.25. The minimum atomic E-state index is 0.528. The van der Waals surface area contributed by atoms with Gasteiger partial charge in [-0.15, -0.1) is 11.3 Å². The van der Waals surface area contributed by atoms with Crippen LogP contribution in [-0.4, -0.2) is 11.5 Å². The Bertz CT molecular complexity index is 564. The topological polar surface area (TPSA) is 34.1 Å². The van der Waals surface area contributed by atoms with E-state index in [1.54, 1.807) is 11.3 Å². The lowest BCUT2D eigenvalue weighted by Crippen LogP contribution is -2.13. The number of hydrogen-bond donors (Lipinski definition) is 1. The van der Waals surface area contributed by atoms with Crippen LogP contribution in [0.5, 0.6) is 5.75 Å². The zero-order valence-corrected chi connectivity index (χ0v) is 14.4. The van der Waals surface area contributed by atoms with Crippen LogP contribution in [0.2, 0.25) is 0 Å². The van der Waals surface area contributed by atoms with Gasteiger partial charge in [-0.2, -0.15) is 0 Å². The normalized spacial score (nSPS) is 10.8. The van der Waals surface area contributed by atoms with Crippen LogP contribution in [0.25, 0.3) is 0 Å². The number of aromatic nitrogens is 1. The van der Waals surface area contributed by atoms with Crippen LogP contribution in [0, 0.1) is 13.8 Å². The standard InChI is InChI=1S/C15H19BrN2OS/c1-4-17-8-12-7-13(16)5-6-14(12)19-9-15-18-10(2)11(3)20-15/h5-7,17H,4,8-9H2,1-3H3. The number of hydrogen-bond acceptors (Lipinski definition) is 4. The smallest absolute Gasteiger partial charge is 0.140 e. The second-order valence-corrected chi connectivity index (χ2v) is 6.77. The molecule has 1 heterocycles. The van der Waals surface area contributed by atoms with Crippen molar-refractivity contribution in [1.82, 2.24) is 10.3 Å². The van der Waals surface area contributed by atoms with E-state index in [1.807, 2.05) is 19.1 Å². The van der Waals surface area contributed by atoms with Crippen molar-refractivity contribution >= 4 is 27.3 Å². The SMILES string of the molecule is CCNCc1cc(Br)ccc1OCc1nc(C)c(C)s1. The third-order valence-electron chi connectivity index (χ3n) is 3.01. The average Bonchev–Trinajstić information content (AvgIpc) is 2.74. The molecule has 20 heavy (non-hydrogen) atoms. The lowest BCUT2D eigenvalue weighted by Gasteiger charge is -2.11. The molecule has 5 heteroatoms. The lowest BCUT2D eigenvalue weighted by atomic mass is 10.2. The van der Waals surface area contributed by atoms with Gasteiger partial charge >= 0.3 is 0 Å². The monoisotopic (exact) mass is 354 g/mol. The van der Waals surface area contributed by atoms with E-state index in [0.29, 0.717) is 6.61 Å². The Hall–Kier alpha value is -0.910. The van der Waals surface area contributed by atoms with Crippen LogP contribution < -0.4 is 10.1 Å². The average molecular weight is 355 g/mol. The van der Waals surface area contributed by atoms with Crippen LogP contribution in [0.15, 0.2) is 22.7 Å². The zero-order chi connectivity index (χ0) is 14.5. The van der Waals surface area contributed by atoms with Gasteiger partial charge in [0.15, 0.2) is 0 Å². The summed E-state index contributed by atoms with van der Waals surface area (Å²) in [4.78, 5) is 5.76. The summed E-state index contributed by atoms with van der Waals surface area (Å²) in [6.07, 6.45) is 0.